The first-order chi connectivity index (χ1) is 9.69. The second-order valence-electron chi connectivity index (χ2n) is 5.79. The molecule has 1 unspecified atom stereocenters. The van der Waals surface area contributed by atoms with Gasteiger partial charge in [-0.3, -0.25) is 9.69 Å². The van der Waals surface area contributed by atoms with Crippen LogP contribution in [0.5, 0.6) is 0 Å². The summed E-state index contributed by atoms with van der Waals surface area (Å²) in [5, 5.41) is 0. The molecule has 0 bridgehead atoms. The Balaban J connectivity index is 1.86. The standard InChI is InChI=1S/C17H24FNO/c1-2-4-14-5-3-11-19(12-10-14)13-17(20)15-6-8-16(18)9-7-15/h6-9,14H,2-5,10-13H2,1H3. The Morgan fingerprint density at radius 3 is 2.70 bits per heavy atom. The van der Waals surface area contributed by atoms with Gasteiger partial charge in [0.05, 0.1) is 6.54 Å². The number of rotatable bonds is 5. The molecule has 3 heteroatoms. The largest absolute Gasteiger partial charge is 0.296 e. The van der Waals surface area contributed by atoms with Crippen molar-refractivity contribution < 1.29 is 9.18 Å². The van der Waals surface area contributed by atoms with Crippen LogP contribution in [0.4, 0.5) is 4.39 Å². The molecule has 1 fully saturated rings. The lowest BCUT2D eigenvalue weighted by Gasteiger charge is -2.19. The molecule has 1 saturated heterocycles. The van der Waals surface area contributed by atoms with Crippen molar-refractivity contribution in [1.82, 2.24) is 4.90 Å². The molecule has 0 spiro atoms. The van der Waals surface area contributed by atoms with E-state index in [1.54, 1.807) is 12.1 Å². The van der Waals surface area contributed by atoms with Crippen LogP contribution in [0.1, 0.15) is 49.4 Å². The maximum Gasteiger partial charge on any atom is 0.176 e. The number of carbonyl (C=O) groups is 1. The van der Waals surface area contributed by atoms with E-state index >= 15 is 0 Å². The summed E-state index contributed by atoms with van der Waals surface area (Å²) in [7, 11) is 0. The number of hydrogen-bond acceptors (Lipinski definition) is 2. The number of benzene rings is 1. The highest BCUT2D eigenvalue weighted by molar-refractivity contribution is 5.97. The Labute approximate surface area is 121 Å². The number of nitrogens with zero attached hydrogens (tertiary/aromatic N) is 1. The lowest BCUT2D eigenvalue weighted by Crippen LogP contribution is -2.31. The molecule has 0 N–H and O–H groups in total. The third-order valence-corrected chi connectivity index (χ3v) is 4.17. The molecule has 1 heterocycles. The summed E-state index contributed by atoms with van der Waals surface area (Å²) in [6.45, 7) is 4.72. The Hall–Kier alpha value is -1.22. The fraction of sp³-hybridized carbons (Fsp3) is 0.588. The van der Waals surface area contributed by atoms with Gasteiger partial charge in [0.1, 0.15) is 5.82 Å². The minimum absolute atomic E-state index is 0.0962. The van der Waals surface area contributed by atoms with Gasteiger partial charge in [-0.25, -0.2) is 4.39 Å². The molecule has 0 amide bonds. The van der Waals surface area contributed by atoms with Crippen molar-refractivity contribution in [3.63, 3.8) is 0 Å². The number of Topliss-reactive ketones (excluding diaryl/α,β-unsaturated/α-hetero) is 1. The van der Waals surface area contributed by atoms with Crippen LogP contribution >= 0.6 is 0 Å². The number of hydrogen-bond donors (Lipinski definition) is 0. The molecule has 1 aliphatic heterocycles. The van der Waals surface area contributed by atoms with E-state index in [1.807, 2.05) is 0 Å². The maximum atomic E-state index is 12.9. The van der Waals surface area contributed by atoms with Gasteiger partial charge in [-0.15, -0.1) is 0 Å². The van der Waals surface area contributed by atoms with Crippen LogP contribution in [0.25, 0.3) is 0 Å². The van der Waals surface area contributed by atoms with Gasteiger partial charge in [0.15, 0.2) is 5.78 Å². The van der Waals surface area contributed by atoms with Crippen molar-refractivity contribution in [3.05, 3.63) is 35.6 Å². The fourth-order valence-electron chi connectivity index (χ4n) is 3.01. The number of ketones is 1. The van der Waals surface area contributed by atoms with Gasteiger partial charge in [-0.2, -0.15) is 0 Å². The van der Waals surface area contributed by atoms with Crippen molar-refractivity contribution in [1.29, 1.82) is 0 Å². The third-order valence-electron chi connectivity index (χ3n) is 4.17. The molecule has 0 aliphatic carbocycles. The van der Waals surface area contributed by atoms with Gasteiger partial charge in [-0.05, 0) is 62.5 Å². The average molecular weight is 277 g/mol. The summed E-state index contributed by atoms with van der Waals surface area (Å²) in [5.41, 5.74) is 0.612. The average Bonchev–Trinajstić information content (AvgIpc) is 2.66. The van der Waals surface area contributed by atoms with E-state index in [2.05, 4.69) is 11.8 Å². The monoisotopic (exact) mass is 277 g/mol. The zero-order chi connectivity index (χ0) is 14.4. The minimum Gasteiger partial charge on any atom is -0.296 e. The summed E-state index contributed by atoms with van der Waals surface area (Å²) in [6.07, 6.45) is 6.22. The van der Waals surface area contributed by atoms with E-state index in [4.69, 9.17) is 0 Å². The molecule has 1 aromatic carbocycles. The molecule has 110 valence electrons. The third kappa shape index (κ3) is 4.41. The predicted molar refractivity (Wildman–Crippen MR) is 79.4 cm³/mol. The molecule has 0 aromatic heterocycles. The van der Waals surface area contributed by atoms with Gasteiger partial charge in [0.2, 0.25) is 0 Å². The molecule has 20 heavy (non-hydrogen) atoms. The van der Waals surface area contributed by atoms with E-state index in [0.29, 0.717) is 12.1 Å². The lowest BCUT2D eigenvalue weighted by molar-refractivity contribution is 0.0932. The first kappa shape index (κ1) is 15.2. The van der Waals surface area contributed by atoms with Gasteiger partial charge < -0.3 is 0 Å². The molecule has 2 nitrogen and oxygen atoms in total. The van der Waals surface area contributed by atoms with Gasteiger partial charge in [0, 0.05) is 5.56 Å². The van der Waals surface area contributed by atoms with Crippen LogP contribution < -0.4 is 0 Å². The van der Waals surface area contributed by atoms with E-state index in [0.717, 1.165) is 19.0 Å². The topological polar surface area (TPSA) is 20.3 Å². The maximum absolute atomic E-state index is 12.9. The number of likely N-dealkylation sites (tertiary alicyclic amines) is 1. The highest BCUT2D eigenvalue weighted by Crippen LogP contribution is 2.22. The second-order valence-corrected chi connectivity index (χ2v) is 5.79. The normalized spacial score (nSPS) is 20.6. The van der Waals surface area contributed by atoms with Gasteiger partial charge in [-0.1, -0.05) is 19.8 Å². The summed E-state index contributed by atoms with van der Waals surface area (Å²) >= 11 is 0. The summed E-state index contributed by atoms with van der Waals surface area (Å²) in [5.74, 6) is 0.628. The lowest BCUT2D eigenvalue weighted by atomic mass is 9.96. The Bertz CT molecular complexity index is 429. The van der Waals surface area contributed by atoms with Crippen molar-refractivity contribution in [2.45, 2.75) is 39.0 Å². The highest BCUT2D eigenvalue weighted by Gasteiger charge is 2.18. The van der Waals surface area contributed by atoms with Gasteiger partial charge in [0.25, 0.3) is 0 Å². The van der Waals surface area contributed by atoms with Crippen molar-refractivity contribution in [2.24, 2.45) is 5.92 Å². The summed E-state index contributed by atoms with van der Waals surface area (Å²) in [4.78, 5) is 14.4. The van der Waals surface area contributed by atoms with E-state index in [-0.39, 0.29) is 11.6 Å². The van der Waals surface area contributed by atoms with Crippen molar-refractivity contribution in [2.75, 3.05) is 19.6 Å². The minimum atomic E-state index is -0.293. The first-order valence-corrected chi connectivity index (χ1v) is 7.70. The Morgan fingerprint density at radius 2 is 2.00 bits per heavy atom. The molecular formula is C17H24FNO. The number of halogens is 1. The Morgan fingerprint density at radius 1 is 1.25 bits per heavy atom. The molecular weight excluding hydrogens is 253 g/mol. The fourth-order valence-corrected chi connectivity index (χ4v) is 3.01. The Kier molecular flexibility index (Phi) is 5.72. The zero-order valence-electron chi connectivity index (χ0n) is 12.3. The van der Waals surface area contributed by atoms with Crippen LogP contribution in [-0.4, -0.2) is 30.3 Å². The molecule has 1 aromatic rings. The van der Waals surface area contributed by atoms with Crippen LogP contribution in [0.15, 0.2) is 24.3 Å². The van der Waals surface area contributed by atoms with Crippen LogP contribution in [0.3, 0.4) is 0 Å². The van der Waals surface area contributed by atoms with Gasteiger partial charge >= 0.3 is 0 Å². The first-order valence-electron chi connectivity index (χ1n) is 7.70. The summed E-state index contributed by atoms with van der Waals surface area (Å²) < 4.78 is 12.9. The second kappa shape index (κ2) is 7.53. The van der Waals surface area contributed by atoms with Crippen LogP contribution in [-0.2, 0) is 0 Å². The van der Waals surface area contributed by atoms with E-state index in [9.17, 15) is 9.18 Å². The zero-order valence-corrected chi connectivity index (χ0v) is 12.3. The van der Waals surface area contributed by atoms with Crippen molar-refractivity contribution in [3.8, 4) is 0 Å². The molecule has 1 aliphatic rings. The highest BCUT2D eigenvalue weighted by atomic mass is 19.1. The smallest absolute Gasteiger partial charge is 0.176 e. The predicted octanol–water partition coefficient (Wildman–Crippen LogP) is 3.91. The van der Waals surface area contributed by atoms with Crippen molar-refractivity contribution >= 4 is 5.78 Å². The molecule has 0 radical (unpaired) electrons. The molecule has 1 atom stereocenters. The van der Waals surface area contributed by atoms with E-state index < -0.39 is 0 Å². The molecule has 0 saturated carbocycles. The summed E-state index contributed by atoms with van der Waals surface area (Å²) in [6, 6.07) is 5.87. The number of carbonyl (C=O) groups excluding carboxylic acids is 1. The van der Waals surface area contributed by atoms with E-state index in [1.165, 1.54) is 44.2 Å². The molecule has 2 rings (SSSR count). The quantitative estimate of drug-likeness (QED) is 0.761. The van der Waals surface area contributed by atoms with Crippen LogP contribution in [0, 0.1) is 11.7 Å². The SMILES string of the molecule is CCCC1CCCN(CC(=O)c2ccc(F)cc2)CC1. The van der Waals surface area contributed by atoms with Crippen LogP contribution in [0.2, 0.25) is 0 Å².